The van der Waals surface area contributed by atoms with Gasteiger partial charge in [0.05, 0.1) is 17.8 Å². The molecule has 2 aromatic rings. The van der Waals surface area contributed by atoms with Gasteiger partial charge >= 0.3 is 0 Å². The smallest absolute Gasteiger partial charge is 0.257 e. The quantitative estimate of drug-likeness (QED) is 0.708. The van der Waals surface area contributed by atoms with Crippen LogP contribution in [0, 0.1) is 5.92 Å². The average molecular weight is 422 g/mol. The van der Waals surface area contributed by atoms with Crippen LogP contribution in [-0.4, -0.2) is 53.1 Å². The van der Waals surface area contributed by atoms with Gasteiger partial charge < -0.3 is 20.9 Å². The fourth-order valence-electron chi connectivity index (χ4n) is 3.65. The number of hydrogen-bond donors (Lipinski definition) is 2. The molecule has 1 heterocycles. The van der Waals surface area contributed by atoms with Gasteiger partial charge in [-0.1, -0.05) is 56.3 Å². The highest BCUT2D eigenvalue weighted by Crippen LogP contribution is 2.30. The molecular weight excluding hydrogens is 396 g/mol. The Bertz CT molecular complexity index is 990. The first kappa shape index (κ1) is 22.0. The van der Waals surface area contributed by atoms with Gasteiger partial charge in [-0.15, -0.1) is 0 Å². The largest absolute Gasteiger partial charge is 0.368 e. The predicted octanol–water partition coefficient (Wildman–Crippen LogP) is 1.79. The molecule has 0 fully saturated rings. The maximum absolute atomic E-state index is 13.4. The number of benzene rings is 2. The van der Waals surface area contributed by atoms with Crippen LogP contribution in [0.5, 0.6) is 0 Å². The molecule has 1 aliphatic heterocycles. The number of anilines is 1. The predicted molar refractivity (Wildman–Crippen MR) is 116 cm³/mol. The molecule has 8 nitrogen and oxygen atoms in total. The highest BCUT2D eigenvalue weighted by molar-refractivity contribution is 6.11. The summed E-state index contributed by atoms with van der Waals surface area (Å²) in [7, 11) is 0. The van der Waals surface area contributed by atoms with E-state index in [-0.39, 0.29) is 19.0 Å². The fourth-order valence-corrected chi connectivity index (χ4v) is 3.65. The molecule has 3 N–H and O–H groups in total. The fraction of sp³-hybridized carbons (Fsp3) is 0.304. The van der Waals surface area contributed by atoms with Crippen LogP contribution in [0.25, 0.3) is 0 Å². The Labute approximate surface area is 181 Å². The number of carbonyl (C=O) groups is 4. The molecule has 1 atom stereocenters. The van der Waals surface area contributed by atoms with E-state index in [1.165, 1.54) is 9.80 Å². The molecule has 0 bridgehead atoms. The molecule has 0 saturated carbocycles. The van der Waals surface area contributed by atoms with Crippen LogP contribution in [0.1, 0.15) is 35.8 Å². The van der Waals surface area contributed by atoms with Crippen molar-refractivity contribution in [2.45, 2.75) is 19.9 Å². The zero-order valence-corrected chi connectivity index (χ0v) is 17.6. The summed E-state index contributed by atoms with van der Waals surface area (Å²) in [4.78, 5) is 53.8. The number of para-hydroxylation sites is 1. The van der Waals surface area contributed by atoms with Gasteiger partial charge in [0.15, 0.2) is 0 Å². The Hall–Kier alpha value is -3.68. The van der Waals surface area contributed by atoms with Crippen molar-refractivity contribution < 1.29 is 19.2 Å². The number of nitrogens with zero attached hydrogens (tertiary/aromatic N) is 2. The van der Waals surface area contributed by atoms with Crippen molar-refractivity contribution in [1.29, 1.82) is 0 Å². The molecule has 1 unspecified atom stereocenters. The molecule has 0 saturated heterocycles. The van der Waals surface area contributed by atoms with E-state index in [9.17, 15) is 19.2 Å². The topological polar surface area (TPSA) is 113 Å². The van der Waals surface area contributed by atoms with E-state index in [1.54, 1.807) is 54.6 Å². The first-order valence-corrected chi connectivity index (χ1v) is 10.1. The Kier molecular flexibility index (Phi) is 6.69. The number of hydrogen-bond acceptors (Lipinski definition) is 4. The molecule has 2 aromatic carbocycles. The summed E-state index contributed by atoms with van der Waals surface area (Å²) < 4.78 is 0. The molecule has 1 aliphatic rings. The van der Waals surface area contributed by atoms with Gasteiger partial charge in [0, 0.05) is 6.54 Å². The van der Waals surface area contributed by atoms with Crippen molar-refractivity contribution in [3.63, 3.8) is 0 Å². The highest BCUT2D eigenvalue weighted by Gasteiger charge is 2.38. The minimum Gasteiger partial charge on any atom is -0.368 e. The van der Waals surface area contributed by atoms with E-state index in [4.69, 9.17) is 5.73 Å². The van der Waals surface area contributed by atoms with Crippen LogP contribution in [0.15, 0.2) is 54.6 Å². The molecule has 0 aromatic heterocycles. The molecule has 0 aliphatic carbocycles. The molecule has 162 valence electrons. The minimum atomic E-state index is -1.00. The van der Waals surface area contributed by atoms with Crippen molar-refractivity contribution in [3.05, 3.63) is 65.7 Å². The molecular formula is C23H26N4O4. The van der Waals surface area contributed by atoms with Crippen molar-refractivity contribution in [2.75, 3.05) is 25.0 Å². The van der Waals surface area contributed by atoms with Crippen molar-refractivity contribution >= 4 is 29.3 Å². The molecule has 0 spiro atoms. The Balaban J connectivity index is 2.01. The third kappa shape index (κ3) is 5.09. The minimum absolute atomic E-state index is 0.0945. The number of primary amides is 1. The van der Waals surface area contributed by atoms with E-state index in [2.05, 4.69) is 5.32 Å². The van der Waals surface area contributed by atoms with Gasteiger partial charge in [-0.05, 0) is 23.6 Å². The Morgan fingerprint density at radius 1 is 1.06 bits per heavy atom. The molecule has 31 heavy (non-hydrogen) atoms. The lowest BCUT2D eigenvalue weighted by molar-refractivity contribution is -0.137. The van der Waals surface area contributed by atoms with Crippen molar-refractivity contribution in [2.24, 2.45) is 11.7 Å². The zero-order chi connectivity index (χ0) is 22.5. The summed E-state index contributed by atoms with van der Waals surface area (Å²) in [5, 5.41) is 2.80. The first-order valence-electron chi connectivity index (χ1n) is 10.1. The van der Waals surface area contributed by atoms with E-state index in [0.29, 0.717) is 23.4 Å². The molecule has 8 heteroatoms. The van der Waals surface area contributed by atoms with E-state index in [0.717, 1.165) is 0 Å². The maximum Gasteiger partial charge on any atom is 0.257 e. The lowest BCUT2D eigenvalue weighted by atomic mass is 10.0. The second-order valence-corrected chi connectivity index (χ2v) is 7.92. The highest BCUT2D eigenvalue weighted by atomic mass is 16.2. The van der Waals surface area contributed by atoms with Gasteiger partial charge in [0.2, 0.25) is 11.8 Å². The number of nitrogens with one attached hydrogen (secondary N) is 1. The summed E-state index contributed by atoms with van der Waals surface area (Å²) >= 11 is 0. The van der Waals surface area contributed by atoms with Gasteiger partial charge in [-0.3, -0.25) is 19.2 Å². The van der Waals surface area contributed by atoms with Gasteiger partial charge in [0.25, 0.3) is 11.8 Å². The number of carbonyl (C=O) groups excluding carboxylic acids is 4. The molecule has 3 rings (SSSR count). The second-order valence-electron chi connectivity index (χ2n) is 7.92. The van der Waals surface area contributed by atoms with E-state index in [1.807, 2.05) is 13.8 Å². The third-order valence-electron chi connectivity index (χ3n) is 4.94. The number of amides is 4. The lowest BCUT2D eigenvalue weighted by Crippen LogP contribution is -2.48. The molecule has 0 radical (unpaired) electrons. The Morgan fingerprint density at radius 2 is 1.71 bits per heavy atom. The van der Waals surface area contributed by atoms with Crippen LogP contribution in [0.2, 0.25) is 0 Å². The van der Waals surface area contributed by atoms with Gasteiger partial charge in [-0.25, -0.2) is 0 Å². The van der Waals surface area contributed by atoms with Crippen LogP contribution in [0.3, 0.4) is 0 Å². The van der Waals surface area contributed by atoms with Crippen LogP contribution >= 0.6 is 0 Å². The maximum atomic E-state index is 13.4. The Morgan fingerprint density at radius 3 is 2.35 bits per heavy atom. The first-order chi connectivity index (χ1) is 14.8. The summed E-state index contributed by atoms with van der Waals surface area (Å²) in [6.07, 6.45) is 0. The van der Waals surface area contributed by atoms with E-state index >= 15 is 0 Å². The van der Waals surface area contributed by atoms with Crippen LogP contribution in [-0.2, 0) is 14.4 Å². The van der Waals surface area contributed by atoms with Gasteiger partial charge in [-0.2, -0.15) is 0 Å². The van der Waals surface area contributed by atoms with Gasteiger partial charge in [0.1, 0.15) is 12.6 Å². The summed E-state index contributed by atoms with van der Waals surface area (Å²) in [6.45, 7) is 3.52. The monoisotopic (exact) mass is 422 g/mol. The normalized spacial score (nSPS) is 15.8. The summed E-state index contributed by atoms with van der Waals surface area (Å²) in [5.74, 6) is -1.85. The van der Waals surface area contributed by atoms with E-state index < -0.39 is 29.7 Å². The second kappa shape index (κ2) is 9.42. The van der Waals surface area contributed by atoms with Crippen LogP contribution in [0.4, 0.5) is 5.69 Å². The van der Waals surface area contributed by atoms with Crippen molar-refractivity contribution in [3.8, 4) is 0 Å². The third-order valence-corrected chi connectivity index (χ3v) is 4.94. The van der Waals surface area contributed by atoms with Crippen molar-refractivity contribution in [1.82, 2.24) is 9.80 Å². The number of nitrogens with two attached hydrogens (primary N) is 1. The number of rotatable bonds is 7. The number of fused-ring (bicyclic) bond motifs is 1. The average Bonchev–Trinajstić information content (AvgIpc) is 2.82. The summed E-state index contributed by atoms with van der Waals surface area (Å²) in [6, 6.07) is 14.5. The zero-order valence-electron chi connectivity index (χ0n) is 17.6. The lowest BCUT2D eigenvalue weighted by Gasteiger charge is -2.31. The SMILES string of the molecule is CC(C)CN(CC(N)=O)C(=O)CN1C(=O)c2ccccc2NC(=O)C1c1ccccc1. The molecule has 4 amide bonds. The van der Waals surface area contributed by atoms with Crippen LogP contribution < -0.4 is 11.1 Å². The standard InChI is InChI=1S/C23H26N4O4/c1-15(2)12-26(13-19(24)28)20(29)14-27-21(16-8-4-3-5-9-16)22(30)25-18-11-7-6-10-17(18)23(27)31/h3-11,15,21H,12-14H2,1-2H3,(H2,24,28)(H,25,30). The summed E-state index contributed by atoms with van der Waals surface area (Å²) in [5.41, 5.74) is 6.59.